The van der Waals surface area contributed by atoms with Gasteiger partial charge in [0, 0.05) is 36.7 Å². The van der Waals surface area contributed by atoms with E-state index in [4.69, 9.17) is 4.74 Å². The molecule has 134 valence electrons. The quantitative estimate of drug-likeness (QED) is 0.569. The van der Waals surface area contributed by atoms with E-state index in [1.165, 1.54) is 11.6 Å². The van der Waals surface area contributed by atoms with Crippen LogP contribution in [0.1, 0.15) is 24.0 Å². The number of benzene rings is 2. The zero-order valence-corrected chi connectivity index (χ0v) is 16.0. The second-order valence-corrected chi connectivity index (χ2v) is 6.85. The van der Waals surface area contributed by atoms with Gasteiger partial charge in [-0.1, -0.05) is 46.3 Å². The van der Waals surface area contributed by atoms with E-state index in [1.54, 1.807) is 24.1 Å². The number of rotatable bonds is 9. The number of carbonyl (C=O) groups excluding carboxylic acids is 1. The molecule has 0 bridgehead atoms. The van der Waals surface area contributed by atoms with E-state index in [2.05, 4.69) is 28.1 Å². The molecular formula is C20H23BrFNO2. The molecule has 2 aromatic carbocycles. The molecule has 2 rings (SSSR count). The third-order valence-electron chi connectivity index (χ3n) is 3.90. The van der Waals surface area contributed by atoms with Crippen molar-refractivity contribution in [3.63, 3.8) is 0 Å². The molecule has 0 N–H and O–H groups in total. The fourth-order valence-electron chi connectivity index (χ4n) is 2.46. The van der Waals surface area contributed by atoms with Crippen molar-refractivity contribution in [2.24, 2.45) is 0 Å². The molecule has 0 aliphatic rings. The molecule has 0 aliphatic carbocycles. The first-order valence-corrected chi connectivity index (χ1v) is 9.15. The third-order valence-corrected chi connectivity index (χ3v) is 4.39. The lowest BCUT2D eigenvalue weighted by molar-refractivity contribution is -0.130. The Morgan fingerprint density at radius 2 is 1.92 bits per heavy atom. The van der Waals surface area contributed by atoms with Crippen LogP contribution in [-0.2, 0) is 22.5 Å². The Kier molecular flexibility index (Phi) is 8.09. The van der Waals surface area contributed by atoms with Gasteiger partial charge < -0.3 is 9.64 Å². The zero-order chi connectivity index (χ0) is 18.1. The molecule has 0 aromatic heterocycles. The highest BCUT2D eigenvalue weighted by Gasteiger charge is 2.12. The van der Waals surface area contributed by atoms with Crippen molar-refractivity contribution in [3.8, 4) is 0 Å². The minimum absolute atomic E-state index is 0.00830. The van der Waals surface area contributed by atoms with Crippen LogP contribution in [0, 0.1) is 5.82 Å². The van der Waals surface area contributed by atoms with E-state index >= 15 is 0 Å². The van der Waals surface area contributed by atoms with E-state index in [-0.39, 0.29) is 18.3 Å². The largest absolute Gasteiger partial charge is 0.381 e. The van der Waals surface area contributed by atoms with Gasteiger partial charge in [0.1, 0.15) is 5.82 Å². The highest BCUT2D eigenvalue weighted by Crippen LogP contribution is 2.17. The monoisotopic (exact) mass is 407 g/mol. The van der Waals surface area contributed by atoms with E-state index in [1.807, 2.05) is 18.2 Å². The first-order valence-electron chi connectivity index (χ1n) is 8.36. The predicted octanol–water partition coefficient (Wildman–Crippen LogP) is 4.59. The first kappa shape index (κ1) is 19.6. The van der Waals surface area contributed by atoms with Crippen LogP contribution in [0.4, 0.5) is 4.39 Å². The average Bonchev–Trinajstić information content (AvgIpc) is 2.61. The van der Waals surface area contributed by atoms with Gasteiger partial charge in [0.05, 0.1) is 6.61 Å². The standard InChI is InChI=1S/C20H23BrFNO2/c1-23(15-17-14-18(21)9-10-19(17)22)20(24)8-5-12-25-13-11-16-6-3-2-4-7-16/h2-4,6-7,9-10,14H,5,8,11-13,15H2,1H3. The third kappa shape index (κ3) is 6.96. The Morgan fingerprint density at radius 1 is 1.16 bits per heavy atom. The van der Waals surface area contributed by atoms with Gasteiger partial charge >= 0.3 is 0 Å². The maximum Gasteiger partial charge on any atom is 0.222 e. The van der Waals surface area contributed by atoms with Gasteiger partial charge in [0.25, 0.3) is 0 Å². The summed E-state index contributed by atoms with van der Waals surface area (Å²) >= 11 is 3.32. The lowest BCUT2D eigenvalue weighted by Gasteiger charge is -2.18. The molecule has 0 heterocycles. The Hall–Kier alpha value is -1.72. The number of halogens is 2. The molecular weight excluding hydrogens is 385 g/mol. The Balaban J connectivity index is 1.63. The molecule has 0 spiro atoms. The second kappa shape index (κ2) is 10.3. The smallest absolute Gasteiger partial charge is 0.222 e. The van der Waals surface area contributed by atoms with Gasteiger partial charge in [0.2, 0.25) is 5.91 Å². The lowest BCUT2D eigenvalue weighted by atomic mass is 10.2. The van der Waals surface area contributed by atoms with Crippen molar-refractivity contribution in [1.29, 1.82) is 0 Å². The highest BCUT2D eigenvalue weighted by molar-refractivity contribution is 9.10. The molecule has 0 saturated carbocycles. The maximum absolute atomic E-state index is 13.7. The van der Waals surface area contributed by atoms with Gasteiger partial charge in [-0.2, -0.15) is 0 Å². The second-order valence-electron chi connectivity index (χ2n) is 5.94. The lowest BCUT2D eigenvalue weighted by Crippen LogP contribution is -2.26. The van der Waals surface area contributed by atoms with Crippen LogP contribution in [0.3, 0.4) is 0 Å². The van der Waals surface area contributed by atoms with E-state index in [9.17, 15) is 9.18 Å². The van der Waals surface area contributed by atoms with Crippen LogP contribution in [0.5, 0.6) is 0 Å². The Morgan fingerprint density at radius 3 is 2.68 bits per heavy atom. The molecule has 0 unspecified atom stereocenters. The van der Waals surface area contributed by atoms with Gasteiger partial charge in [-0.25, -0.2) is 4.39 Å². The number of amides is 1. The summed E-state index contributed by atoms with van der Waals surface area (Å²) < 4.78 is 20.1. The summed E-state index contributed by atoms with van der Waals surface area (Å²) in [6.45, 7) is 1.47. The summed E-state index contributed by atoms with van der Waals surface area (Å²) in [6, 6.07) is 14.9. The summed E-state index contributed by atoms with van der Waals surface area (Å²) in [5.74, 6) is -0.307. The first-order chi connectivity index (χ1) is 12.1. The molecule has 0 aliphatic heterocycles. The molecule has 2 aromatic rings. The van der Waals surface area contributed by atoms with Crippen molar-refractivity contribution in [2.45, 2.75) is 25.8 Å². The summed E-state index contributed by atoms with van der Waals surface area (Å²) in [6.07, 6.45) is 1.94. The molecule has 0 radical (unpaired) electrons. The van der Waals surface area contributed by atoms with Gasteiger partial charge in [-0.05, 0) is 36.6 Å². The van der Waals surface area contributed by atoms with Gasteiger partial charge in [0.15, 0.2) is 0 Å². The molecule has 1 amide bonds. The summed E-state index contributed by atoms with van der Waals surface area (Å²) in [4.78, 5) is 13.7. The van der Waals surface area contributed by atoms with Crippen LogP contribution in [0.25, 0.3) is 0 Å². The van der Waals surface area contributed by atoms with Crippen molar-refractivity contribution in [2.75, 3.05) is 20.3 Å². The number of hydrogen-bond donors (Lipinski definition) is 0. The predicted molar refractivity (Wildman–Crippen MR) is 101 cm³/mol. The number of ether oxygens (including phenoxy) is 1. The zero-order valence-electron chi connectivity index (χ0n) is 14.4. The minimum atomic E-state index is -0.299. The molecule has 0 saturated heterocycles. The molecule has 0 atom stereocenters. The maximum atomic E-state index is 13.7. The van der Waals surface area contributed by atoms with Crippen LogP contribution in [0.15, 0.2) is 53.0 Å². The van der Waals surface area contributed by atoms with Crippen LogP contribution in [0.2, 0.25) is 0 Å². The molecule has 5 heteroatoms. The van der Waals surface area contributed by atoms with Crippen LogP contribution in [-0.4, -0.2) is 31.1 Å². The molecule has 0 fully saturated rings. The summed E-state index contributed by atoms with van der Waals surface area (Å²) in [7, 11) is 1.69. The Labute approximate surface area is 156 Å². The van der Waals surface area contributed by atoms with Crippen LogP contribution < -0.4 is 0 Å². The number of carbonyl (C=O) groups is 1. The van der Waals surface area contributed by atoms with Crippen molar-refractivity contribution < 1.29 is 13.9 Å². The number of nitrogens with zero attached hydrogens (tertiary/aromatic N) is 1. The van der Waals surface area contributed by atoms with E-state index in [0.717, 1.165) is 10.9 Å². The normalized spacial score (nSPS) is 10.7. The number of hydrogen-bond acceptors (Lipinski definition) is 2. The highest BCUT2D eigenvalue weighted by atomic mass is 79.9. The minimum Gasteiger partial charge on any atom is -0.381 e. The van der Waals surface area contributed by atoms with E-state index < -0.39 is 0 Å². The fraction of sp³-hybridized carbons (Fsp3) is 0.350. The molecule has 3 nitrogen and oxygen atoms in total. The van der Waals surface area contributed by atoms with Gasteiger partial charge in [-0.3, -0.25) is 4.79 Å². The van der Waals surface area contributed by atoms with Crippen molar-refractivity contribution in [3.05, 3.63) is 69.9 Å². The SMILES string of the molecule is CN(Cc1cc(Br)ccc1F)C(=O)CCCOCCc1ccccc1. The topological polar surface area (TPSA) is 29.5 Å². The molecule has 25 heavy (non-hydrogen) atoms. The summed E-state index contributed by atoms with van der Waals surface area (Å²) in [5, 5.41) is 0. The fourth-order valence-corrected chi connectivity index (χ4v) is 2.87. The van der Waals surface area contributed by atoms with Crippen molar-refractivity contribution in [1.82, 2.24) is 4.90 Å². The van der Waals surface area contributed by atoms with Crippen LogP contribution >= 0.6 is 15.9 Å². The average molecular weight is 408 g/mol. The van der Waals surface area contributed by atoms with E-state index in [0.29, 0.717) is 31.6 Å². The van der Waals surface area contributed by atoms with Gasteiger partial charge in [-0.15, -0.1) is 0 Å². The Bertz CT molecular complexity index is 679. The van der Waals surface area contributed by atoms with Crippen molar-refractivity contribution >= 4 is 21.8 Å². The summed E-state index contributed by atoms with van der Waals surface area (Å²) in [5.41, 5.74) is 1.75.